The molecule has 3 rings (SSSR count). The number of hydrogen-bond acceptors (Lipinski definition) is 2. The average Bonchev–Trinajstić information content (AvgIpc) is 3.01. The van der Waals surface area contributed by atoms with Crippen molar-refractivity contribution < 1.29 is 0 Å². The van der Waals surface area contributed by atoms with Crippen LogP contribution in [0.25, 0.3) is 0 Å². The van der Waals surface area contributed by atoms with E-state index in [1.54, 1.807) is 0 Å². The van der Waals surface area contributed by atoms with Gasteiger partial charge in [0.25, 0.3) is 0 Å². The molecule has 0 fully saturated rings. The lowest BCUT2D eigenvalue weighted by atomic mass is 10.1. The Morgan fingerprint density at radius 3 is 2.67 bits per heavy atom. The Morgan fingerprint density at radius 2 is 2.00 bits per heavy atom. The summed E-state index contributed by atoms with van der Waals surface area (Å²) in [7, 11) is 0. The predicted molar refractivity (Wildman–Crippen MR) is 72.4 cm³/mol. The van der Waals surface area contributed by atoms with Crippen LogP contribution >= 0.6 is 0 Å². The predicted octanol–water partition coefficient (Wildman–Crippen LogP) is 2.16. The second kappa shape index (κ2) is 4.94. The summed E-state index contributed by atoms with van der Waals surface area (Å²) in [5.74, 6) is 1.13. The smallest absolute Gasteiger partial charge is 0.122 e. The fraction of sp³-hybridized carbons (Fsp3) is 0.400. The molecule has 1 heterocycles. The summed E-state index contributed by atoms with van der Waals surface area (Å²) < 4.78 is 2.19. The summed E-state index contributed by atoms with van der Waals surface area (Å²) in [5, 5.41) is 3.62. The van der Waals surface area contributed by atoms with Crippen LogP contribution in [0, 0.1) is 0 Å². The first-order chi connectivity index (χ1) is 8.86. The number of fused-ring (bicyclic) bond motifs is 1. The van der Waals surface area contributed by atoms with Crippen LogP contribution in [0.5, 0.6) is 0 Å². The average molecular weight is 241 g/mol. The lowest BCUT2D eigenvalue weighted by Gasteiger charge is -2.12. The molecule has 1 aliphatic carbocycles. The van der Waals surface area contributed by atoms with E-state index in [4.69, 9.17) is 0 Å². The lowest BCUT2D eigenvalue weighted by molar-refractivity contribution is 0.509. The van der Waals surface area contributed by atoms with Gasteiger partial charge in [-0.2, -0.15) is 0 Å². The molecule has 0 amide bonds. The van der Waals surface area contributed by atoms with Gasteiger partial charge in [-0.05, 0) is 30.9 Å². The number of aromatic nitrogens is 2. The minimum Gasteiger partial charge on any atom is -0.334 e. The third kappa shape index (κ3) is 2.18. The van der Waals surface area contributed by atoms with Crippen molar-refractivity contribution in [1.29, 1.82) is 0 Å². The summed E-state index contributed by atoms with van der Waals surface area (Å²) in [6.45, 7) is 4.00. The zero-order chi connectivity index (χ0) is 12.4. The van der Waals surface area contributed by atoms with Crippen LogP contribution in [0.4, 0.5) is 0 Å². The largest absolute Gasteiger partial charge is 0.334 e. The van der Waals surface area contributed by atoms with Gasteiger partial charge >= 0.3 is 0 Å². The van der Waals surface area contributed by atoms with Crippen molar-refractivity contribution in [1.82, 2.24) is 14.9 Å². The highest BCUT2D eigenvalue weighted by atomic mass is 15.1. The van der Waals surface area contributed by atoms with Crippen LogP contribution in [0.1, 0.15) is 23.9 Å². The molecular weight excluding hydrogens is 222 g/mol. The van der Waals surface area contributed by atoms with Crippen LogP contribution in [0.15, 0.2) is 36.7 Å². The van der Waals surface area contributed by atoms with Crippen molar-refractivity contribution in [3.8, 4) is 0 Å². The maximum Gasteiger partial charge on any atom is 0.122 e. The van der Waals surface area contributed by atoms with Crippen LogP contribution in [-0.2, 0) is 25.9 Å². The number of imidazole rings is 1. The monoisotopic (exact) mass is 241 g/mol. The maximum atomic E-state index is 4.40. The zero-order valence-corrected chi connectivity index (χ0v) is 10.8. The van der Waals surface area contributed by atoms with Crippen LogP contribution in [-0.4, -0.2) is 15.6 Å². The van der Waals surface area contributed by atoms with E-state index >= 15 is 0 Å². The number of hydrogen-bond donors (Lipinski definition) is 1. The minimum atomic E-state index is 0.560. The van der Waals surface area contributed by atoms with Crippen LogP contribution in [0.2, 0.25) is 0 Å². The summed E-state index contributed by atoms with van der Waals surface area (Å²) in [6, 6.07) is 9.30. The van der Waals surface area contributed by atoms with E-state index in [1.807, 2.05) is 12.4 Å². The highest BCUT2D eigenvalue weighted by molar-refractivity contribution is 5.33. The maximum absolute atomic E-state index is 4.40. The highest BCUT2D eigenvalue weighted by Gasteiger charge is 2.20. The SMILES string of the molecule is CCn1ccnc1CNC1Cc2ccccc2C1. The number of nitrogens with zero attached hydrogens (tertiary/aromatic N) is 2. The van der Waals surface area contributed by atoms with Crippen molar-refractivity contribution in [2.24, 2.45) is 0 Å². The highest BCUT2D eigenvalue weighted by Crippen LogP contribution is 2.21. The summed E-state index contributed by atoms with van der Waals surface area (Å²) >= 11 is 0. The van der Waals surface area contributed by atoms with Gasteiger partial charge in [-0.25, -0.2) is 4.98 Å². The number of rotatable bonds is 4. The molecule has 1 aliphatic rings. The molecule has 3 heteroatoms. The molecule has 0 unspecified atom stereocenters. The zero-order valence-electron chi connectivity index (χ0n) is 10.8. The number of nitrogens with one attached hydrogen (secondary N) is 1. The van der Waals surface area contributed by atoms with Crippen molar-refractivity contribution in [2.75, 3.05) is 0 Å². The van der Waals surface area contributed by atoms with Crippen molar-refractivity contribution in [3.05, 3.63) is 53.6 Å². The third-order valence-corrected chi connectivity index (χ3v) is 3.74. The molecule has 3 nitrogen and oxygen atoms in total. The van der Waals surface area contributed by atoms with Gasteiger partial charge in [0.1, 0.15) is 5.82 Å². The van der Waals surface area contributed by atoms with E-state index in [2.05, 4.69) is 46.1 Å². The fourth-order valence-electron chi connectivity index (χ4n) is 2.73. The van der Waals surface area contributed by atoms with Crippen molar-refractivity contribution in [3.63, 3.8) is 0 Å². The number of benzene rings is 1. The van der Waals surface area contributed by atoms with Gasteiger partial charge in [-0.3, -0.25) is 0 Å². The quantitative estimate of drug-likeness (QED) is 0.889. The topological polar surface area (TPSA) is 29.9 Å². The Bertz CT molecular complexity index is 505. The van der Waals surface area contributed by atoms with Gasteiger partial charge in [0.15, 0.2) is 0 Å². The van der Waals surface area contributed by atoms with E-state index in [-0.39, 0.29) is 0 Å². The van der Waals surface area contributed by atoms with Crippen molar-refractivity contribution >= 4 is 0 Å². The summed E-state index contributed by atoms with van der Waals surface area (Å²) in [5.41, 5.74) is 2.99. The fourth-order valence-corrected chi connectivity index (χ4v) is 2.73. The van der Waals surface area contributed by atoms with Gasteiger partial charge in [0, 0.05) is 25.0 Å². The van der Waals surface area contributed by atoms with Crippen molar-refractivity contribution in [2.45, 2.75) is 38.9 Å². The van der Waals surface area contributed by atoms with E-state index in [0.717, 1.165) is 31.8 Å². The molecule has 0 saturated carbocycles. The summed E-state index contributed by atoms with van der Waals surface area (Å²) in [6.07, 6.45) is 6.20. The first kappa shape index (κ1) is 11.5. The van der Waals surface area contributed by atoms with Gasteiger partial charge in [-0.15, -0.1) is 0 Å². The molecule has 1 aromatic carbocycles. The van der Waals surface area contributed by atoms with Crippen LogP contribution < -0.4 is 5.32 Å². The van der Waals surface area contributed by atoms with E-state index < -0.39 is 0 Å². The number of aryl methyl sites for hydroxylation is 1. The molecule has 0 spiro atoms. The Balaban J connectivity index is 1.60. The van der Waals surface area contributed by atoms with Gasteiger partial charge in [-0.1, -0.05) is 24.3 Å². The molecule has 94 valence electrons. The molecule has 1 aromatic heterocycles. The Hall–Kier alpha value is -1.61. The van der Waals surface area contributed by atoms with E-state index in [1.165, 1.54) is 11.1 Å². The second-order valence-corrected chi connectivity index (χ2v) is 4.88. The first-order valence-electron chi connectivity index (χ1n) is 6.67. The van der Waals surface area contributed by atoms with Gasteiger partial charge in [0.05, 0.1) is 6.54 Å². The minimum absolute atomic E-state index is 0.560. The first-order valence-corrected chi connectivity index (χ1v) is 6.67. The lowest BCUT2D eigenvalue weighted by Crippen LogP contribution is -2.30. The Morgan fingerprint density at radius 1 is 1.28 bits per heavy atom. The molecular formula is C15H19N3. The molecule has 0 bridgehead atoms. The third-order valence-electron chi connectivity index (χ3n) is 3.74. The summed E-state index contributed by atoms with van der Waals surface area (Å²) in [4.78, 5) is 4.40. The van der Waals surface area contributed by atoms with Gasteiger partial charge in [0.2, 0.25) is 0 Å². The molecule has 2 aromatic rings. The molecule has 18 heavy (non-hydrogen) atoms. The van der Waals surface area contributed by atoms with E-state index in [9.17, 15) is 0 Å². The molecule has 0 atom stereocenters. The van der Waals surface area contributed by atoms with E-state index in [0.29, 0.717) is 6.04 Å². The normalized spacial score (nSPS) is 14.9. The second-order valence-electron chi connectivity index (χ2n) is 4.88. The molecule has 1 N–H and O–H groups in total. The molecule has 0 saturated heterocycles. The van der Waals surface area contributed by atoms with Crippen LogP contribution in [0.3, 0.4) is 0 Å². The van der Waals surface area contributed by atoms with Gasteiger partial charge < -0.3 is 9.88 Å². The molecule has 0 aliphatic heterocycles. The Labute approximate surface area is 108 Å². The Kier molecular flexibility index (Phi) is 3.15. The molecule has 0 radical (unpaired) electrons. The standard InChI is InChI=1S/C15H19N3/c1-2-18-8-7-16-15(18)11-17-14-9-12-5-3-4-6-13(12)10-14/h3-8,14,17H,2,9-11H2,1H3.